The molecule has 138 valence electrons. The van der Waals surface area contributed by atoms with Gasteiger partial charge in [-0.1, -0.05) is 30.3 Å². The first-order valence-corrected chi connectivity index (χ1v) is 10.5. The Labute approximate surface area is 152 Å². The lowest BCUT2D eigenvalue weighted by Gasteiger charge is -2.42. The van der Waals surface area contributed by atoms with Crippen LogP contribution in [-0.4, -0.2) is 77.8 Å². The molecule has 0 radical (unpaired) electrons. The summed E-state index contributed by atoms with van der Waals surface area (Å²) < 4.78 is 24.2. The molecule has 8 heteroatoms. The maximum Gasteiger partial charge on any atom is 0.274 e. The number of aromatic nitrogens is 2. The number of rotatable bonds is 2. The Balaban J connectivity index is 1.65. The highest BCUT2D eigenvalue weighted by atomic mass is 32.2. The number of imidazole rings is 1. The van der Waals surface area contributed by atoms with Crippen LogP contribution in [0.4, 0.5) is 0 Å². The third-order valence-corrected chi connectivity index (χ3v) is 7.05. The van der Waals surface area contributed by atoms with Crippen molar-refractivity contribution in [3.63, 3.8) is 0 Å². The van der Waals surface area contributed by atoms with E-state index in [0.29, 0.717) is 30.3 Å². The number of sulfone groups is 1. The number of hydrogen-bond acceptors (Lipinski definition) is 5. The predicted octanol–water partition coefficient (Wildman–Crippen LogP) is 0.938. The zero-order valence-corrected chi connectivity index (χ0v) is 15.7. The number of nitrogens with one attached hydrogen (secondary N) is 1. The predicted molar refractivity (Wildman–Crippen MR) is 98.7 cm³/mol. The smallest absolute Gasteiger partial charge is 0.274 e. The number of aryl methyl sites for hydroxylation is 1. The summed E-state index contributed by atoms with van der Waals surface area (Å²) in [5.74, 6) is 0.604. The molecule has 26 heavy (non-hydrogen) atoms. The van der Waals surface area contributed by atoms with Gasteiger partial charge in [-0.2, -0.15) is 0 Å². The van der Waals surface area contributed by atoms with Gasteiger partial charge in [0, 0.05) is 30.4 Å². The molecule has 0 aliphatic carbocycles. The van der Waals surface area contributed by atoms with Crippen molar-refractivity contribution in [3.8, 4) is 11.4 Å². The van der Waals surface area contributed by atoms with Crippen molar-refractivity contribution in [2.45, 2.75) is 19.0 Å². The molecule has 1 aromatic heterocycles. The highest BCUT2D eigenvalue weighted by Crippen LogP contribution is 2.28. The molecule has 1 N–H and O–H groups in total. The fourth-order valence-electron chi connectivity index (χ4n) is 3.92. The van der Waals surface area contributed by atoms with Crippen molar-refractivity contribution in [1.82, 2.24) is 19.8 Å². The van der Waals surface area contributed by atoms with Crippen LogP contribution in [0, 0.1) is 6.92 Å². The first kappa shape index (κ1) is 17.2. The van der Waals surface area contributed by atoms with Crippen LogP contribution >= 0.6 is 0 Å². The average molecular weight is 374 g/mol. The minimum Gasteiger partial charge on any atom is -0.341 e. The number of benzene rings is 1. The van der Waals surface area contributed by atoms with Crippen LogP contribution in [0.5, 0.6) is 0 Å². The summed E-state index contributed by atoms with van der Waals surface area (Å²) in [6, 6.07) is 9.19. The van der Waals surface area contributed by atoms with E-state index in [1.54, 1.807) is 4.90 Å². The molecule has 2 aromatic rings. The first-order chi connectivity index (χ1) is 12.4. The average Bonchev–Trinajstić information content (AvgIpc) is 3.15. The van der Waals surface area contributed by atoms with Gasteiger partial charge < -0.3 is 9.88 Å². The third kappa shape index (κ3) is 2.93. The highest BCUT2D eigenvalue weighted by molar-refractivity contribution is 7.91. The lowest BCUT2D eigenvalue weighted by atomic mass is 10.0. The fraction of sp³-hybridized carbons (Fsp3) is 0.444. The van der Waals surface area contributed by atoms with Crippen LogP contribution < -0.4 is 0 Å². The van der Waals surface area contributed by atoms with Crippen molar-refractivity contribution in [3.05, 3.63) is 41.7 Å². The summed E-state index contributed by atoms with van der Waals surface area (Å²) in [6.45, 7) is 3.00. The van der Waals surface area contributed by atoms with Gasteiger partial charge in [0.25, 0.3) is 5.91 Å². The molecule has 2 saturated heterocycles. The number of likely N-dealkylation sites (N-methyl/N-ethyl adjacent to an activating group) is 1. The lowest BCUT2D eigenvalue weighted by molar-refractivity contribution is 0.0404. The Hall–Kier alpha value is -2.19. The van der Waals surface area contributed by atoms with E-state index >= 15 is 0 Å². The van der Waals surface area contributed by atoms with Gasteiger partial charge in [0.1, 0.15) is 11.5 Å². The minimum absolute atomic E-state index is 0.0305. The number of carbonyl (C=O) groups excluding carboxylic acids is 1. The minimum atomic E-state index is -3.12. The zero-order valence-electron chi connectivity index (χ0n) is 14.8. The van der Waals surface area contributed by atoms with Gasteiger partial charge in [-0.15, -0.1) is 0 Å². The Morgan fingerprint density at radius 3 is 2.58 bits per heavy atom. The molecule has 0 saturated carbocycles. The quantitative estimate of drug-likeness (QED) is 0.845. The number of nitrogens with zero attached hydrogens (tertiary/aromatic N) is 3. The molecular formula is C18H22N4O3S. The van der Waals surface area contributed by atoms with Gasteiger partial charge in [0.05, 0.1) is 17.5 Å². The van der Waals surface area contributed by atoms with Crippen LogP contribution in [0.25, 0.3) is 11.4 Å². The molecule has 2 aliphatic heterocycles. The van der Waals surface area contributed by atoms with Crippen molar-refractivity contribution in [2.75, 3.05) is 31.6 Å². The topological polar surface area (TPSA) is 86.4 Å². The van der Waals surface area contributed by atoms with Crippen LogP contribution in [0.1, 0.15) is 16.2 Å². The summed E-state index contributed by atoms with van der Waals surface area (Å²) in [5.41, 5.74) is 1.98. The fourth-order valence-corrected chi connectivity index (χ4v) is 5.97. The maximum atomic E-state index is 13.2. The Bertz CT molecular complexity index is 939. The number of hydrogen-bond donors (Lipinski definition) is 1. The number of fused-ring (bicyclic) bond motifs is 1. The van der Waals surface area contributed by atoms with E-state index < -0.39 is 9.84 Å². The van der Waals surface area contributed by atoms with Gasteiger partial charge in [-0.25, -0.2) is 13.4 Å². The molecule has 4 rings (SSSR count). The normalized spacial score (nSPS) is 25.2. The van der Waals surface area contributed by atoms with Gasteiger partial charge in [-0.05, 0) is 14.0 Å². The van der Waals surface area contributed by atoms with Crippen molar-refractivity contribution in [1.29, 1.82) is 0 Å². The summed E-state index contributed by atoms with van der Waals surface area (Å²) in [6.07, 6.45) is 0. The number of aromatic amines is 1. The van der Waals surface area contributed by atoms with Gasteiger partial charge in [0.15, 0.2) is 9.84 Å². The second-order valence-corrected chi connectivity index (χ2v) is 9.27. The van der Waals surface area contributed by atoms with Crippen molar-refractivity contribution < 1.29 is 13.2 Å². The SMILES string of the molecule is Cc1[nH]c(-c2ccccc2)nc1C(=O)N1CCN(C)[C@@H]2CS(=O)(=O)C[C@@H]21. The van der Waals surface area contributed by atoms with Crippen LogP contribution in [0.15, 0.2) is 30.3 Å². The standard InChI is InChI=1S/C18H22N4O3S/c1-12-16(20-17(19-12)13-6-4-3-5-7-13)18(23)22-9-8-21(2)14-10-26(24,25)11-15(14)22/h3-7,14-15H,8-11H2,1-2H3,(H,19,20)/t14-,15+/m1/s1. The molecule has 1 aromatic carbocycles. The molecule has 2 fully saturated rings. The van der Waals surface area contributed by atoms with Crippen LogP contribution in [0.3, 0.4) is 0 Å². The molecule has 1 amide bonds. The first-order valence-electron chi connectivity index (χ1n) is 8.69. The number of piperazine rings is 1. The summed E-state index contributed by atoms with van der Waals surface area (Å²) in [7, 11) is -1.20. The molecule has 7 nitrogen and oxygen atoms in total. The maximum absolute atomic E-state index is 13.2. The second-order valence-electron chi connectivity index (χ2n) is 7.12. The van der Waals surface area contributed by atoms with E-state index in [-0.39, 0.29) is 29.5 Å². The van der Waals surface area contributed by atoms with Gasteiger partial charge in [0.2, 0.25) is 0 Å². The highest BCUT2D eigenvalue weighted by Gasteiger charge is 2.47. The van der Waals surface area contributed by atoms with Crippen molar-refractivity contribution >= 4 is 15.7 Å². The number of carbonyl (C=O) groups is 1. The summed E-state index contributed by atoms with van der Waals surface area (Å²) in [5, 5.41) is 0. The van der Waals surface area contributed by atoms with Crippen LogP contribution in [-0.2, 0) is 9.84 Å². The van der Waals surface area contributed by atoms with E-state index in [4.69, 9.17) is 0 Å². The molecule has 2 aliphatic rings. The lowest BCUT2D eigenvalue weighted by Crippen LogP contribution is -2.59. The summed E-state index contributed by atoms with van der Waals surface area (Å²) >= 11 is 0. The van der Waals surface area contributed by atoms with Crippen LogP contribution in [0.2, 0.25) is 0 Å². The molecular weight excluding hydrogens is 352 g/mol. The Morgan fingerprint density at radius 1 is 1.15 bits per heavy atom. The van der Waals surface area contributed by atoms with Crippen molar-refractivity contribution in [2.24, 2.45) is 0 Å². The van der Waals surface area contributed by atoms with E-state index in [1.165, 1.54) is 0 Å². The summed E-state index contributed by atoms with van der Waals surface area (Å²) in [4.78, 5) is 24.6. The molecule has 0 bridgehead atoms. The number of amides is 1. The van der Waals surface area contributed by atoms with Gasteiger partial charge >= 0.3 is 0 Å². The zero-order chi connectivity index (χ0) is 18.5. The van der Waals surface area contributed by atoms with E-state index in [2.05, 4.69) is 9.97 Å². The largest absolute Gasteiger partial charge is 0.341 e. The van der Waals surface area contributed by atoms with Gasteiger partial charge in [-0.3, -0.25) is 9.69 Å². The molecule has 0 spiro atoms. The number of H-pyrrole nitrogens is 1. The van der Waals surface area contributed by atoms with E-state index in [0.717, 1.165) is 5.56 Å². The Morgan fingerprint density at radius 2 is 1.85 bits per heavy atom. The van der Waals surface area contributed by atoms with E-state index in [1.807, 2.05) is 49.2 Å². The molecule has 3 heterocycles. The third-order valence-electron chi connectivity index (χ3n) is 5.35. The molecule has 2 atom stereocenters. The Kier molecular flexibility index (Phi) is 4.11. The van der Waals surface area contributed by atoms with E-state index in [9.17, 15) is 13.2 Å². The molecule has 0 unspecified atom stereocenters. The monoisotopic (exact) mass is 374 g/mol. The second kappa shape index (κ2) is 6.21.